The minimum Gasteiger partial charge on any atom is -0.295 e. The molecule has 3 rings (SSSR count). The first-order valence-electron chi connectivity index (χ1n) is 6.17. The maximum atomic E-state index is 11.8. The predicted molar refractivity (Wildman–Crippen MR) is 81.8 cm³/mol. The molecular formula is C13H11N5OS2. The lowest BCUT2D eigenvalue weighted by molar-refractivity contribution is 0.102. The number of amides is 1. The Labute approximate surface area is 129 Å². The number of nitrogens with one attached hydrogen (secondary N) is 1. The molecule has 0 aliphatic carbocycles. The van der Waals surface area contributed by atoms with Gasteiger partial charge in [0.05, 0.1) is 0 Å². The van der Waals surface area contributed by atoms with Gasteiger partial charge in [0.25, 0.3) is 5.91 Å². The molecule has 2 aromatic heterocycles. The molecule has 0 spiro atoms. The van der Waals surface area contributed by atoms with Crippen LogP contribution in [0.25, 0.3) is 0 Å². The SMILES string of the molecule is Cc1ccccc1Cc1nnc(NC(=O)c2csnn2)s1. The molecule has 8 heteroatoms. The summed E-state index contributed by atoms with van der Waals surface area (Å²) in [5, 5.41) is 17.4. The molecule has 6 nitrogen and oxygen atoms in total. The number of carbonyl (C=O) groups excluding carboxylic acids is 1. The molecule has 21 heavy (non-hydrogen) atoms. The molecule has 1 N–H and O–H groups in total. The molecule has 0 saturated carbocycles. The van der Waals surface area contributed by atoms with Gasteiger partial charge in [0.15, 0.2) is 5.69 Å². The Kier molecular flexibility index (Phi) is 3.98. The molecule has 3 aromatic rings. The minimum atomic E-state index is -0.317. The highest BCUT2D eigenvalue weighted by molar-refractivity contribution is 7.15. The van der Waals surface area contributed by atoms with E-state index in [0.717, 1.165) is 16.5 Å². The number of aryl methyl sites for hydroxylation is 1. The lowest BCUT2D eigenvalue weighted by Crippen LogP contribution is -2.12. The maximum absolute atomic E-state index is 11.8. The van der Waals surface area contributed by atoms with Gasteiger partial charge in [-0.05, 0) is 29.6 Å². The summed E-state index contributed by atoms with van der Waals surface area (Å²) < 4.78 is 3.65. The van der Waals surface area contributed by atoms with Gasteiger partial charge in [0.1, 0.15) is 5.01 Å². The lowest BCUT2D eigenvalue weighted by atomic mass is 10.1. The Morgan fingerprint density at radius 2 is 2.10 bits per heavy atom. The Hall–Kier alpha value is -2.19. The maximum Gasteiger partial charge on any atom is 0.278 e. The first kappa shape index (κ1) is 13.8. The second-order valence-corrected chi connectivity index (χ2v) is 6.02. The van der Waals surface area contributed by atoms with Crippen LogP contribution in [-0.4, -0.2) is 25.7 Å². The summed E-state index contributed by atoms with van der Waals surface area (Å²) in [6.07, 6.45) is 0.707. The van der Waals surface area contributed by atoms with Crippen molar-refractivity contribution in [2.24, 2.45) is 0 Å². The number of aromatic nitrogens is 4. The fourth-order valence-corrected chi connectivity index (χ4v) is 2.97. The van der Waals surface area contributed by atoms with Crippen molar-refractivity contribution in [2.75, 3.05) is 5.32 Å². The number of hydrogen-bond acceptors (Lipinski definition) is 7. The summed E-state index contributed by atoms with van der Waals surface area (Å²) >= 11 is 2.50. The number of nitrogens with zero attached hydrogens (tertiary/aromatic N) is 4. The second-order valence-electron chi connectivity index (χ2n) is 4.35. The van der Waals surface area contributed by atoms with Gasteiger partial charge in [-0.1, -0.05) is 40.1 Å². The van der Waals surface area contributed by atoms with Crippen molar-refractivity contribution in [1.29, 1.82) is 0 Å². The van der Waals surface area contributed by atoms with Crippen LogP contribution in [0.2, 0.25) is 0 Å². The smallest absolute Gasteiger partial charge is 0.278 e. The summed E-state index contributed by atoms with van der Waals surface area (Å²) in [4.78, 5) is 11.8. The van der Waals surface area contributed by atoms with Crippen LogP contribution in [0.4, 0.5) is 5.13 Å². The molecule has 0 radical (unpaired) electrons. The van der Waals surface area contributed by atoms with Crippen molar-refractivity contribution in [3.8, 4) is 0 Å². The van der Waals surface area contributed by atoms with E-state index >= 15 is 0 Å². The molecule has 0 aliphatic heterocycles. The Balaban J connectivity index is 1.69. The second kappa shape index (κ2) is 6.06. The van der Waals surface area contributed by atoms with Crippen molar-refractivity contribution in [3.63, 3.8) is 0 Å². The van der Waals surface area contributed by atoms with E-state index in [-0.39, 0.29) is 11.6 Å². The average Bonchev–Trinajstić information content (AvgIpc) is 3.13. The van der Waals surface area contributed by atoms with Crippen molar-refractivity contribution in [2.45, 2.75) is 13.3 Å². The minimum absolute atomic E-state index is 0.288. The van der Waals surface area contributed by atoms with Crippen LogP contribution in [0, 0.1) is 6.92 Å². The van der Waals surface area contributed by atoms with Crippen LogP contribution < -0.4 is 5.32 Å². The summed E-state index contributed by atoms with van der Waals surface area (Å²) in [6, 6.07) is 8.14. The standard InChI is InChI=1S/C13H11N5OS2/c1-8-4-2-3-5-9(8)6-11-16-17-13(21-11)14-12(19)10-7-20-18-15-10/h2-5,7H,6H2,1H3,(H,14,17,19). The van der Waals surface area contributed by atoms with Gasteiger partial charge >= 0.3 is 0 Å². The average molecular weight is 317 g/mol. The zero-order valence-corrected chi connectivity index (χ0v) is 12.7. The molecule has 0 fully saturated rings. The molecule has 1 aromatic carbocycles. The Bertz CT molecular complexity index is 754. The van der Waals surface area contributed by atoms with Crippen LogP contribution in [0.5, 0.6) is 0 Å². The summed E-state index contributed by atoms with van der Waals surface area (Å²) in [6.45, 7) is 2.06. The molecule has 0 bridgehead atoms. The van der Waals surface area contributed by atoms with E-state index in [1.54, 1.807) is 5.38 Å². The Morgan fingerprint density at radius 3 is 2.86 bits per heavy atom. The van der Waals surface area contributed by atoms with E-state index in [0.29, 0.717) is 11.6 Å². The lowest BCUT2D eigenvalue weighted by Gasteiger charge is -2.01. The highest BCUT2D eigenvalue weighted by Gasteiger charge is 2.13. The van der Waals surface area contributed by atoms with Crippen LogP contribution in [0.15, 0.2) is 29.6 Å². The molecule has 0 saturated heterocycles. The molecule has 1 amide bonds. The molecular weight excluding hydrogens is 306 g/mol. The zero-order valence-electron chi connectivity index (χ0n) is 11.1. The third-order valence-corrected chi connectivity index (χ3v) is 4.23. The predicted octanol–water partition coefficient (Wildman–Crippen LogP) is 2.54. The first-order chi connectivity index (χ1) is 10.2. The van der Waals surface area contributed by atoms with Gasteiger partial charge in [-0.25, -0.2) is 0 Å². The quantitative estimate of drug-likeness (QED) is 0.800. The van der Waals surface area contributed by atoms with Crippen molar-refractivity contribution in [3.05, 3.63) is 51.5 Å². The molecule has 0 atom stereocenters. The number of benzene rings is 1. The van der Waals surface area contributed by atoms with Gasteiger partial charge in [0, 0.05) is 11.8 Å². The molecule has 0 aliphatic rings. The third-order valence-electron chi connectivity index (χ3n) is 2.88. The normalized spacial score (nSPS) is 10.5. The largest absolute Gasteiger partial charge is 0.295 e. The fraction of sp³-hybridized carbons (Fsp3) is 0.154. The monoisotopic (exact) mass is 317 g/mol. The van der Waals surface area contributed by atoms with Crippen LogP contribution in [0.1, 0.15) is 26.6 Å². The fourth-order valence-electron chi connectivity index (χ4n) is 1.77. The van der Waals surface area contributed by atoms with Crippen LogP contribution >= 0.6 is 22.9 Å². The van der Waals surface area contributed by atoms with E-state index in [1.165, 1.54) is 22.5 Å². The number of carbonyl (C=O) groups is 1. The van der Waals surface area contributed by atoms with Gasteiger partial charge in [-0.15, -0.1) is 15.3 Å². The molecule has 2 heterocycles. The van der Waals surface area contributed by atoms with E-state index < -0.39 is 0 Å². The Morgan fingerprint density at radius 1 is 1.24 bits per heavy atom. The molecule has 106 valence electrons. The van der Waals surface area contributed by atoms with E-state index in [9.17, 15) is 4.79 Å². The van der Waals surface area contributed by atoms with Gasteiger partial charge < -0.3 is 0 Å². The van der Waals surface area contributed by atoms with E-state index in [1.807, 2.05) is 12.1 Å². The summed E-state index contributed by atoms with van der Waals surface area (Å²) in [7, 11) is 0. The van der Waals surface area contributed by atoms with Crippen LogP contribution in [0.3, 0.4) is 0 Å². The summed E-state index contributed by atoms with van der Waals surface area (Å²) in [5.74, 6) is -0.317. The highest BCUT2D eigenvalue weighted by Crippen LogP contribution is 2.20. The first-order valence-corrected chi connectivity index (χ1v) is 7.83. The highest BCUT2D eigenvalue weighted by atomic mass is 32.1. The topological polar surface area (TPSA) is 80.7 Å². The van der Waals surface area contributed by atoms with Gasteiger partial charge in [0.2, 0.25) is 5.13 Å². The van der Waals surface area contributed by atoms with Crippen LogP contribution in [-0.2, 0) is 6.42 Å². The summed E-state index contributed by atoms with van der Waals surface area (Å²) in [5.41, 5.74) is 2.71. The van der Waals surface area contributed by atoms with Gasteiger partial charge in [-0.2, -0.15) is 0 Å². The molecule has 0 unspecified atom stereocenters. The number of hydrogen-bond donors (Lipinski definition) is 1. The van der Waals surface area contributed by atoms with Gasteiger partial charge in [-0.3, -0.25) is 10.1 Å². The van der Waals surface area contributed by atoms with Crippen molar-refractivity contribution < 1.29 is 4.79 Å². The zero-order chi connectivity index (χ0) is 14.7. The van der Waals surface area contributed by atoms with Crippen molar-refractivity contribution in [1.82, 2.24) is 19.8 Å². The van der Waals surface area contributed by atoms with Crippen molar-refractivity contribution >= 4 is 33.9 Å². The number of anilines is 1. The van der Waals surface area contributed by atoms with E-state index in [4.69, 9.17) is 0 Å². The number of rotatable bonds is 4. The van der Waals surface area contributed by atoms with E-state index in [2.05, 4.69) is 44.2 Å². The third kappa shape index (κ3) is 3.29.